The molecule has 0 aliphatic carbocycles. The van der Waals surface area contributed by atoms with Crippen LogP contribution >= 0.6 is 22.6 Å². The standard InChI is InChI=1S/C12H21IO4/c1-4-5-6-11(14)17-10(8-13)7-12(15)16-9(2)3/h9-10H,4-8H2,1-3H3. The van der Waals surface area contributed by atoms with E-state index >= 15 is 0 Å². The molecule has 0 fully saturated rings. The maximum absolute atomic E-state index is 11.4. The monoisotopic (exact) mass is 356 g/mol. The van der Waals surface area contributed by atoms with Crippen LogP contribution in [0.15, 0.2) is 0 Å². The van der Waals surface area contributed by atoms with Crippen LogP contribution in [0.4, 0.5) is 0 Å². The smallest absolute Gasteiger partial charge is 0.309 e. The number of unbranched alkanes of at least 4 members (excludes halogenated alkanes) is 1. The summed E-state index contributed by atoms with van der Waals surface area (Å²) in [7, 11) is 0. The van der Waals surface area contributed by atoms with Gasteiger partial charge in [-0.3, -0.25) is 9.59 Å². The van der Waals surface area contributed by atoms with Crippen LogP contribution in [0.25, 0.3) is 0 Å². The first-order chi connectivity index (χ1) is 7.99. The maximum Gasteiger partial charge on any atom is 0.309 e. The van der Waals surface area contributed by atoms with Gasteiger partial charge in [-0.2, -0.15) is 0 Å². The maximum atomic E-state index is 11.4. The summed E-state index contributed by atoms with van der Waals surface area (Å²) in [4.78, 5) is 22.8. The van der Waals surface area contributed by atoms with Crippen LogP contribution < -0.4 is 0 Å². The Labute approximate surface area is 117 Å². The van der Waals surface area contributed by atoms with Crippen molar-refractivity contribution in [3.8, 4) is 0 Å². The number of esters is 2. The predicted molar refractivity (Wildman–Crippen MR) is 74.1 cm³/mol. The van der Waals surface area contributed by atoms with Gasteiger partial charge >= 0.3 is 11.9 Å². The van der Waals surface area contributed by atoms with Crippen LogP contribution in [-0.2, 0) is 19.1 Å². The molecule has 0 aromatic heterocycles. The van der Waals surface area contributed by atoms with Crippen molar-refractivity contribution in [3.05, 3.63) is 0 Å². The quantitative estimate of drug-likeness (QED) is 0.381. The third-order valence-corrected chi connectivity index (χ3v) is 2.95. The van der Waals surface area contributed by atoms with Crippen molar-refractivity contribution in [2.75, 3.05) is 4.43 Å². The fraction of sp³-hybridized carbons (Fsp3) is 0.833. The highest BCUT2D eigenvalue weighted by atomic mass is 127. The van der Waals surface area contributed by atoms with Gasteiger partial charge in [0.25, 0.3) is 0 Å². The van der Waals surface area contributed by atoms with E-state index in [0.29, 0.717) is 10.8 Å². The molecule has 0 radical (unpaired) electrons. The van der Waals surface area contributed by atoms with E-state index in [1.54, 1.807) is 13.8 Å². The SMILES string of the molecule is CCCCC(=O)OC(CI)CC(=O)OC(C)C. The van der Waals surface area contributed by atoms with Gasteiger partial charge in [-0.05, 0) is 20.3 Å². The minimum atomic E-state index is -0.369. The second-order valence-corrected chi connectivity index (χ2v) is 4.99. The Kier molecular flexibility index (Phi) is 9.49. The van der Waals surface area contributed by atoms with Crippen molar-refractivity contribution in [1.82, 2.24) is 0 Å². The molecule has 0 aromatic rings. The molecule has 0 rings (SSSR count). The van der Waals surface area contributed by atoms with Gasteiger partial charge in [-0.1, -0.05) is 35.9 Å². The molecular weight excluding hydrogens is 335 g/mol. The first-order valence-corrected chi connectivity index (χ1v) is 7.47. The third-order valence-electron chi connectivity index (χ3n) is 1.97. The number of hydrogen-bond donors (Lipinski definition) is 0. The predicted octanol–water partition coefficient (Wildman–Crippen LogP) is 2.87. The van der Waals surface area contributed by atoms with E-state index < -0.39 is 0 Å². The summed E-state index contributed by atoms with van der Waals surface area (Å²) in [6.45, 7) is 5.61. The van der Waals surface area contributed by atoms with E-state index in [-0.39, 0.29) is 30.6 Å². The molecule has 0 aliphatic rings. The number of halogens is 1. The molecular formula is C12H21IO4. The highest BCUT2D eigenvalue weighted by molar-refractivity contribution is 14.1. The molecule has 17 heavy (non-hydrogen) atoms. The first kappa shape index (κ1) is 16.7. The Bertz CT molecular complexity index is 241. The van der Waals surface area contributed by atoms with Gasteiger partial charge < -0.3 is 9.47 Å². The van der Waals surface area contributed by atoms with E-state index in [1.165, 1.54) is 0 Å². The Balaban J connectivity index is 3.98. The number of rotatable bonds is 8. The van der Waals surface area contributed by atoms with Crippen molar-refractivity contribution in [2.24, 2.45) is 0 Å². The third kappa shape index (κ3) is 9.38. The van der Waals surface area contributed by atoms with Crippen LogP contribution in [0, 0.1) is 0 Å². The first-order valence-electron chi connectivity index (χ1n) is 5.94. The van der Waals surface area contributed by atoms with E-state index in [2.05, 4.69) is 22.6 Å². The van der Waals surface area contributed by atoms with Crippen molar-refractivity contribution in [2.45, 2.75) is 58.7 Å². The topological polar surface area (TPSA) is 52.6 Å². The fourth-order valence-corrected chi connectivity index (χ4v) is 1.68. The van der Waals surface area contributed by atoms with E-state index in [4.69, 9.17) is 9.47 Å². The lowest BCUT2D eigenvalue weighted by Gasteiger charge is -2.15. The van der Waals surface area contributed by atoms with Crippen LogP contribution in [0.5, 0.6) is 0 Å². The largest absolute Gasteiger partial charge is 0.463 e. The van der Waals surface area contributed by atoms with Gasteiger partial charge in [0, 0.05) is 10.8 Å². The number of carbonyl (C=O) groups excluding carboxylic acids is 2. The zero-order valence-electron chi connectivity index (χ0n) is 10.7. The van der Waals surface area contributed by atoms with Crippen molar-refractivity contribution in [1.29, 1.82) is 0 Å². The highest BCUT2D eigenvalue weighted by Gasteiger charge is 2.18. The number of hydrogen-bond acceptors (Lipinski definition) is 4. The Morgan fingerprint density at radius 1 is 1.18 bits per heavy atom. The molecule has 0 heterocycles. The summed E-state index contributed by atoms with van der Waals surface area (Å²) < 4.78 is 10.8. The molecule has 0 saturated carbocycles. The number of alkyl halides is 1. The molecule has 4 nitrogen and oxygen atoms in total. The molecule has 0 bridgehead atoms. The second-order valence-electron chi connectivity index (χ2n) is 4.11. The van der Waals surface area contributed by atoms with Gasteiger partial charge in [0.2, 0.25) is 0 Å². The Hall–Kier alpha value is -0.330. The van der Waals surface area contributed by atoms with E-state index in [9.17, 15) is 9.59 Å². The minimum Gasteiger partial charge on any atom is -0.463 e. The molecule has 1 unspecified atom stereocenters. The summed E-state index contributed by atoms with van der Waals surface area (Å²) in [5.41, 5.74) is 0. The van der Waals surface area contributed by atoms with Crippen LogP contribution in [0.2, 0.25) is 0 Å². The number of ether oxygens (including phenoxy) is 2. The lowest BCUT2D eigenvalue weighted by molar-refractivity contribution is -0.155. The lowest BCUT2D eigenvalue weighted by Crippen LogP contribution is -2.25. The second kappa shape index (κ2) is 9.67. The van der Waals surface area contributed by atoms with Crippen molar-refractivity contribution < 1.29 is 19.1 Å². The molecule has 0 N–H and O–H groups in total. The van der Waals surface area contributed by atoms with Crippen LogP contribution in [0.1, 0.15) is 46.5 Å². The van der Waals surface area contributed by atoms with E-state index in [0.717, 1.165) is 12.8 Å². The summed E-state index contributed by atoms with van der Waals surface area (Å²) in [6.07, 6.45) is 1.84. The molecule has 0 amide bonds. The van der Waals surface area contributed by atoms with Crippen LogP contribution in [0.3, 0.4) is 0 Å². The van der Waals surface area contributed by atoms with Gasteiger partial charge in [0.1, 0.15) is 6.10 Å². The van der Waals surface area contributed by atoms with Gasteiger partial charge in [0.05, 0.1) is 12.5 Å². The number of carbonyl (C=O) groups is 2. The summed E-state index contributed by atoms with van der Waals surface area (Å²) in [5, 5.41) is 0. The molecule has 1 atom stereocenters. The molecule has 0 aromatic carbocycles. The Morgan fingerprint density at radius 3 is 2.29 bits per heavy atom. The molecule has 100 valence electrons. The minimum absolute atomic E-state index is 0.131. The van der Waals surface area contributed by atoms with Gasteiger partial charge in [0.15, 0.2) is 0 Å². The van der Waals surface area contributed by atoms with E-state index in [1.807, 2.05) is 6.92 Å². The normalized spacial score (nSPS) is 12.3. The summed E-state index contributed by atoms with van der Waals surface area (Å²) in [6, 6.07) is 0. The molecule has 0 saturated heterocycles. The molecule has 0 spiro atoms. The summed E-state index contributed by atoms with van der Waals surface area (Å²) >= 11 is 2.10. The summed E-state index contributed by atoms with van der Waals surface area (Å²) in [5.74, 6) is -0.546. The zero-order chi connectivity index (χ0) is 13.3. The average Bonchev–Trinajstić information content (AvgIpc) is 2.24. The molecule has 5 heteroatoms. The average molecular weight is 356 g/mol. The lowest BCUT2D eigenvalue weighted by atomic mass is 10.2. The van der Waals surface area contributed by atoms with Gasteiger partial charge in [-0.15, -0.1) is 0 Å². The highest BCUT2D eigenvalue weighted by Crippen LogP contribution is 2.08. The molecule has 0 aliphatic heterocycles. The van der Waals surface area contributed by atoms with Crippen molar-refractivity contribution >= 4 is 34.5 Å². The fourth-order valence-electron chi connectivity index (χ4n) is 1.19. The zero-order valence-corrected chi connectivity index (χ0v) is 12.9. The van der Waals surface area contributed by atoms with Crippen molar-refractivity contribution in [3.63, 3.8) is 0 Å². The van der Waals surface area contributed by atoms with Gasteiger partial charge in [-0.25, -0.2) is 0 Å². The Morgan fingerprint density at radius 2 is 1.82 bits per heavy atom. The van der Waals surface area contributed by atoms with Crippen LogP contribution in [-0.4, -0.2) is 28.6 Å².